The Morgan fingerprint density at radius 1 is 1.50 bits per heavy atom. The van der Waals surface area contributed by atoms with Gasteiger partial charge in [-0.15, -0.1) is 0 Å². The van der Waals surface area contributed by atoms with Crippen molar-refractivity contribution in [3.63, 3.8) is 0 Å². The third-order valence-corrected chi connectivity index (χ3v) is 0.948. The van der Waals surface area contributed by atoms with Crippen molar-refractivity contribution in [3.8, 4) is 0 Å². The van der Waals surface area contributed by atoms with Crippen molar-refractivity contribution in [1.82, 2.24) is 0 Å². The Kier molecular flexibility index (Phi) is 3.17. The Morgan fingerprint density at radius 3 is 2.30 bits per heavy atom. The zero-order valence-electron chi connectivity index (χ0n) is 5.88. The van der Waals surface area contributed by atoms with Crippen LogP contribution in [0.15, 0.2) is 11.6 Å². The van der Waals surface area contributed by atoms with Gasteiger partial charge in [-0.25, -0.2) is 9.59 Å². The van der Waals surface area contributed by atoms with Gasteiger partial charge in [0.2, 0.25) is 0 Å². The van der Waals surface area contributed by atoms with Crippen molar-refractivity contribution in [2.75, 3.05) is 0 Å². The Hall–Kier alpha value is -1.32. The first-order chi connectivity index (χ1) is 4.57. The Labute approximate surface area is 58.7 Å². The molecule has 10 heavy (non-hydrogen) atoms. The number of carbonyl (C=O) groups is 2. The molecular formula is C6H9NO3. The van der Waals surface area contributed by atoms with Crippen molar-refractivity contribution in [2.45, 2.75) is 13.8 Å². The van der Waals surface area contributed by atoms with Crippen LogP contribution >= 0.6 is 0 Å². The fourth-order valence-electron chi connectivity index (χ4n) is 0.290. The molecule has 56 valence electrons. The molecule has 0 rings (SSSR count). The molecule has 0 bridgehead atoms. The van der Waals surface area contributed by atoms with Gasteiger partial charge >= 0.3 is 12.1 Å². The normalized spacial score (nSPS) is 10.8. The number of hydrogen-bond donors (Lipinski definition) is 1. The maximum atomic E-state index is 10.6. The fourth-order valence-corrected chi connectivity index (χ4v) is 0.290. The van der Waals surface area contributed by atoms with E-state index >= 15 is 0 Å². The molecule has 0 fully saturated rings. The zero-order valence-corrected chi connectivity index (χ0v) is 5.88. The number of ether oxygens (including phenoxy) is 1. The molecule has 1 amide bonds. The minimum atomic E-state index is -1.08. The van der Waals surface area contributed by atoms with Crippen LogP contribution in [0.25, 0.3) is 0 Å². The SMILES string of the molecule is C/C=C(\C)C(=O)OC(N)=O. The monoisotopic (exact) mass is 143 g/mol. The lowest BCUT2D eigenvalue weighted by Gasteiger charge is -1.96. The maximum Gasteiger partial charge on any atom is 0.412 e. The van der Waals surface area contributed by atoms with Crippen molar-refractivity contribution in [1.29, 1.82) is 0 Å². The molecule has 0 aliphatic rings. The van der Waals surface area contributed by atoms with E-state index in [-0.39, 0.29) is 0 Å². The number of nitrogens with two attached hydrogens (primary N) is 1. The van der Waals surface area contributed by atoms with Crippen molar-refractivity contribution in [3.05, 3.63) is 11.6 Å². The summed E-state index contributed by atoms with van der Waals surface area (Å²) in [6.07, 6.45) is 0.455. The summed E-state index contributed by atoms with van der Waals surface area (Å²) in [7, 11) is 0. The fraction of sp³-hybridized carbons (Fsp3) is 0.333. The average molecular weight is 143 g/mol. The topological polar surface area (TPSA) is 69.4 Å². The van der Waals surface area contributed by atoms with E-state index in [4.69, 9.17) is 0 Å². The predicted molar refractivity (Wildman–Crippen MR) is 35.1 cm³/mol. The predicted octanol–water partition coefficient (Wildman–Crippen LogP) is 0.575. The van der Waals surface area contributed by atoms with Crippen LogP contribution in [0.1, 0.15) is 13.8 Å². The number of primary amides is 1. The molecule has 0 unspecified atom stereocenters. The lowest BCUT2D eigenvalue weighted by Crippen LogP contribution is -2.18. The van der Waals surface area contributed by atoms with Crippen LogP contribution in [0.5, 0.6) is 0 Å². The van der Waals surface area contributed by atoms with Crippen LogP contribution in [0.2, 0.25) is 0 Å². The Bertz CT molecular complexity index is 183. The second-order valence-electron chi connectivity index (χ2n) is 1.68. The molecule has 0 aromatic heterocycles. The number of carbonyl (C=O) groups excluding carboxylic acids is 2. The number of hydrogen-bond acceptors (Lipinski definition) is 3. The summed E-state index contributed by atoms with van der Waals surface area (Å²) in [5, 5.41) is 0. The van der Waals surface area contributed by atoms with Gasteiger partial charge in [0.25, 0.3) is 0 Å². The smallest absolute Gasteiger partial charge is 0.373 e. The van der Waals surface area contributed by atoms with Gasteiger partial charge in [0, 0.05) is 5.57 Å². The van der Waals surface area contributed by atoms with Gasteiger partial charge in [-0.3, -0.25) is 0 Å². The highest BCUT2D eigenvalue weighted by molar-refractivity contribution is 5.94. The second kappa shape index (κ2) is 3.66. The minimum absolute atomic E-state index is 0.360. The number of rotatable bonds is 1. The zero-order chi connectivity index (χ0) is 8.15. The highest BCUT2D eigenvalue weighted by Gasteiger charge is 2.06. The lowest BCUT2D eigenvalue weighted by molar-refractivity contribution is -0.132. The van der Waals surface area contributed by atoms with Gasteiger partial charge < -0.3 is 10.5 Å². The average Bonchev–Trinajstić information content (AvgIpc) is 1.85. The van der Waals surface area contributed by atoms with E-state index < -0.39 is 12.1 Å². The highest BCUT2D eigenvalue weighted by Crippen LogP contribution is 1.94. The molecule has 0 saturated carbocycles. The molecular weight excluding hydrogens is 134 g/mol. The molecule has 0 aliphatic heterocycles. The summed E-state index contributed by atoms with van der Waals surface area (Å²) in [6, 6.07) is 0. The Morgan fingerprint density at radius 2 is 2.00 bits per heavy atom. The quantitative estimate of drug-likeness (QED) is 0.331. The first-order valence-electron chi connectivity index (χ1n) is 2.72. The number of allylic oxidation sites excluding steroid dienone is 1. The largest absolute Gasteiger partial charge is 0.412 e. The van der Waals surface area contributed by atoms with Crippen molar-refractivity contribution in [2.24, 2.45) is 5.73 Å². The summed E-state index contributed by atoms with van der Waals surface area (Å²) in [4.78, 5) is 20.6. The minimum Gasteiger partial charge on any atom is -0.373 e. The van der Waals surface area contributed by atoms with Crippen LogP contribution < -0.4 is 5.73 Å². The van der Waals surface area contributed by atoms with Gasteiger partial charge in [-0.1, -0.05) is 6.08 Å². The van der Waals surface area contributed by atoms with Crippen LogP contribution in [0, 0.1) is 0 Å². The van der Waals surface area contributed by atoms with Crippen LogP contribution in [0.3, 0.4) is 0 Å². The second-order valence-corrected chi connectivity index (χ2v) is 1.68. The molecule has 4 heteroatoms. The highest BCUT2D eigenvalue weighted by atomic mass is 16.6. The van der Waals surface area contributed by atoms with E-state index in [1.54, 1.807) is 6.92 Å². The third-order valence-electron chi connectivity index (χ3n) is 0.948. The standard InChI is InChI=1S/C6H9NO3/c1-3-4(2)5(8)10-6(7)9/h3H,1-2H3,(H2,7,9)/b4-3+. The molecule has 0 atom stereocenters. The van der Waals surface area contributed by atoms with E-state index in [1.807, 2.05) is 0 Å². The summed E-state index contributed by atoms with van der Waals surface area (Å²) in [6.45, 7) is 3.20. The van der Waals surface area contributed by atoms with Gasteiger partial charge in [-0.05, 0) is 13.8 Å². The van der Waals surface area contributed by atoms with E-state index in [0.717, 1.165) is 0 Å². The van der Waals surface area contributed by atoms with Crippen LogP contribution in [0.4, 0.5) is 4.79 Å². The summed E-state index contributed by atoms with van der Waals surface area (Å²) in [5.41, 5.74) is 4.94. The summed E-state index contributed by atoms with van der Waals surface area (Å²) >= 11 is 0. The van der Waals surface area contributed by atoms with Gasteiger partial charge in [0.15, 0.2) is 0 Å². The molecule has 0 spiro atoms. The maximum absolute atomic E-state index is 10.6. The third kappa shape index (κ3) is 2.86. The van der Waals surface area contributed by atoms with Crippen molar-refractivity contribution >= 4 is 12.1 Å². The molecule has 0 aromatic carbocycles. The number of amides is 1. The summed E-state index contributed by atoms with van der Waals surface area (Å²) < 4.78 is 4.03. The van der Waals surface area contributed by atoms with E-state index in [2.05, 4.69) is 10.5 Å². The Balaban J connectivity index is 3.99. The van der Waals surface area contributed by atoms with Crippen molar-refractivity contribution < 1.29 is 14.3 Å². The first kappa shape index (κ1) is 8.68. The van der Waals surface area contributed by atoms with Gasteiger partial charge in [-0.2, -0.15) is 0 Å². The van der Waals surface area contributed by atoms with Gasteiger partial charge in [0.05, 0.1) is 0 Å². The molecule has 0 radical (unpaired) electrons. The molecule has 0 aliphatic carbocycles. The lowest BCUT2D eigenvalue weighted by atomic mass is 10.3. The van der Waals surface area contributed by atoms with E-state index in [0.29, 0.717) is 5.57 Å². The van der Waals surface area contributed by atoms with Crippen LogP contribution in [-0.4, -0.2) is 12.1 Å². The number of esters is 1. The summed E-state index contributed by atoms with van der Waals surface area (Å²) in [5.74, 6) is -0.699. The van der Waals surface area contributed by atoms with E-state index in [9.17, 15) is 9.59 Å². The van der Waals surface area contributed by atoms with E-state index in [1.165, 1.54) is 13.0 Å². The molecule has 0 heterocycles. The van der Waals surface area contributed by atoms with Gasteiger partial charge in [0.1, 0.15) is 0 Å². The molecule has 2 N–H and O–H groups in total. The first-order valence-corrected chi connectivity index (χ1v) is 2.72. The molecule has 0 aromatic rings. The van der Waals surface area contributed by atoms with Crippen LogP contribution in [-0.2, 0) is 9.53 Å². The molecule has 4 nitrogen and oxygen atoms in total. The molecule has 0 saturated heterocycles.